The fraction of sp³-hybridized carbons (Fsp3) is 0.357. The van der Waals surface area contributed by atoms with Crippen LogP contribution in [0, 0.1) is 6.92 Å². The van der Waals surface area contributed by atoms with Crippen LogP contribution in [0.25, 0.3) is 10.9 Å². The smallest absolute Gasteiger partial charge is 0.0861 e. The normalized spacial score (nSPS) is 12.1. The van der Waals surface area contributed by atoms with Crippen LogP contribution < -0.4 is 0 Å². The largest absolute Gasteiger partial charge is 0.392 e. The second-order valence-corrected chi connectivity index (χ2v) is 4.94. The van der Waals surface area contributed by atoms with E-state index < -0.39 is 5.60 Å². The average Bonchev–Trinajstić information content (AvgIpc) is 2.25. The number of fused-ring (bicyclic) bond motifs is 1. The summed E-state index contributed by atoms with van der Waals surface area (Å²) in [4.78, 5) is 4.38. The van der Waals surface area contributed by atoms with Crippen LogP contribution >= 0.6 is 0 Å². The summed E-state index contributed by atoms with van der Waals surface area (Å²) in [7, 11) is 0. The van der Waals surface area contributed by atoms with Crippen LogP contribution in [0.5, 0.6) is 0 Å². The summed E-state index contributed by atoms with van der Waals surface area (Å²) in [6.07, 6.45) is 1.79. The van der Waals surface area contributed by atoms with Gasteiger partial charge in [-0.3, -0.25) is 4.98 Å². The SMILES string of the molecule is Cc1cnc2c(C(C)(C)O)cc(CO)cc2c1. The standard InChI is InChI=1S/C14H17NO2/c1-9-4-11-5-10(8-16)6-12(14(2,3)17)13(11)15-7-9/h4-7,16-17H,8H2,1-3H3. The van der Waals surface area contributed by atoms with Crippen molar-refractivity contribution in [2.45, 2.75) is 33.0 Å². The summed E-state index contributed by atoms with van der Waals surface area (Å²) in [5, 5.41) is 20.4. The van der Waals surface area contributed by atoms with E-state index in [9.17, 15) is 10.2 Å². The zero-order chi connectivity index (χ0) is 12.6. The van der Waals surface area contributed by atoms with Gasteiger partial charge in [0.25, 0.3) is 0 Å². The van der Waals surface area contributed by atoms with Crippen LogP contribution in [0.3, 0.4) is 0 Å². The van der Waals surface area contributed by atoms with Crippen molar-refractivity contribution >= 4 is 10.9 Å². The Morgan fingerprint density at radius 2 is 1.94 bits per heavy atom. The molecule has 0 aliphatic heterocycles. The van der Waals surface area contributed by atoms with Crippen LogP contribution in [0.15, 0.2) is 24.4 Å². The van der Waals surface area contributed by atoms with Crippen molar-refractivity contribution < 1.29 is 10.2 Å². The molecule has 0 aliphatic carbocycles. The molecule has 0 saturated carbocycles. The van der Waals surface area contributed by atoms with Crippen LogP contribution in [0.4, 0.5) is 0 Å². The first-order valence-electron chi connectivity index (χ1n) is 5.65. The van der Waals surface area contributed by atoms with E-state index in [-0.39, 0.29) is 6.61 Å². The van der Waals surface area contributed by atoms with E-state index in [1.807, 2.05) is 25.1 Å². The lowest BCUT2D eigenvalue weighted by Gasteiger charge is -2.20. The highest BCUT2D eigenvalue weighted by molar-refractivity contribution is 5.83. The van der Waals surface area contributed by atoms with E-state index in [0.29, 0.717) is 0 Å². The van der Waals surface area contributed by atoms with Crippen molar-refractivity contribution in [3.05, 3.63) is 41.1 Å². The van der Waals surface area contributed by atoms with Gasteiger partial charge in [0.05, 0.1) is 17.7 Å². The molecule has 90 valence electrons. The van der Waals surface area contributed by atoms with Crippen molar-refractivity contribution in [3.63, 3.8) is 0 Å². The third-order valence-corrected chi connectivity index (χ3v) is 2.82. The second kappa shape index (κ2) is 4.09. The molecule has 0 fully saturated rings. The van der Waals surface area contributed by atoms with E-state index in [1.54, 1.807) is 20.0 Å². The number of pyridine rings is 1. The molecule has 2 N–H and O–H groups in total. The number of hydrogen-bond donors (Lipinski definition) is 2. The molecule has 2 aromatic rings. The molecule has 0 saturated heterocycles. The van der Waals surface area contributed by atoms with Gasteiger partial charge in [0.15, 0.2) is 0 Å². The van der Waals surface area contributed by atoms with Gasteiger partial charge in [0.1, 0.15) is 0 Å². The molecule has 3 nitrogen and oxygen atoms in total. The number of nitrogens with zero attached hydrogens (tertiary/aromatic N) is 1. The van der Waals surface area contributed by atoms with E-state index >= 15 is 0 Å². The lowest BCUT2D eigenvalue weighted by Crippen LogP contribution is -2.17. The van der Waals surface area contributed by atoms with Crippen LogP contribution in [-0.4, -0.2) is 15.2 Å². The highest BCUT2D eigenvalue weighted by Gasteiger charge is 2.20. The van der Waals surface area contributed by atoms with Crippen LogP contribution in [0.2, 0.25) is 0 Å². The highest BCUT2D eigenvalue weighted by Crippen LogP contribution is 2.29. The van der Waals surface area contributed by atoms with E-state index in [1.165, 1.54) is 0 Å². The highest BCUT2D eigenvalue weighted by atomic mass is 16.3. The van der Waals surface area contributed by atoms with Crippen molar-refractivity contribution in [1.29, 1.82) is 0 Å². The first-order chi connectivity index (χ1) is 7.91. The third kappa shape index (κ3) is 2.30. The molecule has 2 rings (SSSR count). The minimum absolute atomic E-state index is 0.0348. The van der Waals surface area contributed by atoms with Gasteiger partial charge >= 0.3 is 0 Å². The summed E-state index contributed by atoms with van der Waals surface area (Å²) < 4.78 is 0. The molecule has 1 aromatic carbocycles. The maximum absolute atomic E-state index is 10.2. The van der Waals surface area contributed by atoms with Crippen LogP contribution in [0.1, 0.15) is 30.5 Å². The molecule has 0 atom stereocenters. The second-order valence-electron chi connectivity index (χ2n) is 4.94. The Morgan fingerprint density at radius 3 is 2.53 bits per heavy atom. The summed E-state index contributed by atoms with van der Waals surface area (Å²) in [5.41, 5.74) is 2.43. The molecule has 3 heteroatoms. The zero-order valence-corrected chi connectivity index (χ0v) is 10.4. The Bertz CT molecular complexity index is 556. The van der Waals surface area contributed by atoms with Gasteiger partial charge in [-0.25, -0.2) is 0 Å². The topological polar surface area (TPSA) is 53.4 Å². The first kappa shape index (κ1) is 12.0. The first-order valence-corrected chi connectivity index (χ1v) is 5.65. The number of aromatic nitrogens is 1. The molecule has 0 unspecified atom stereocenters. The van der Waals surface area contributed by atoms with E-state index in [2.05, 4.69) is 4.98 Å². The van der Waals surface area contributed by atoms with Crippen molar-refractivity contribution in [2.24, 2.45) is 0 Å². The summed E-state index contributed by atoms with van der Waals surface area (Å²) >= 11 is 0. The van der Waals surface area contributed by atoms with Crippen LogP contribution in [-0.2, 0) is 12.2 Å². The molecule has 0 amide bonds. The number of benzene rings is 1. The van der Waals surface area contributed by atoms with Gasteiger partial charge in [-0.15, -0.1) is 0 Å². The Labute approximate surface area is 101 Å². The Hall–Kier alpha value is -1.45. The summed E-state index contributed by atoms with van der Waals surface area (Å²) in [6.45, 7) is 5.39. The molecule has 0 spiro atoms. The zero-order valence-electron chi connectivity index (χ0n) is 10.4. The van der Waals surface area contributed by atoms with E-state index in [0.717, 1.165) is 27.6 Å². The van der Waals surface area contributed by atoms with Crippen molar-refractivity contribution in [2.75, 3.05) is 0 Å². The fourth-order valence-electron chi connectivity index (χ4n) is 1.98. The quantitative estimate of drug-likeness (QED) is 0.833. The Morgan fingerprint density at radius 1 is 1.24 bits per heavy atom. The summed E-state index contributed by atoms with van der Waals surface area (Å²) in [6, 6.07) is 5.73. The maximum atomic E-state index is 10.2. The van der Waals surface area contributed by atoms with Crippen molar-refractivity contribution in [3.8, 4) is 0 Å². The van der Waals surface area contributed by atoms with Gasteiger partial charge in [0, 0.05) is 17.1 Å². The number of rotatable bonds is 2. The predicted octanol–water partition coefficient (Wildman–Crippen LogP) is 2.26. The third-order valence-electron chi connectivity index (χ3n) is 2.82. The minimum atomic E-state index is -0.967. The number of aliphatic hydroxyl groups excluding tert-OH is 1. The van der Waals surface area contributed by atoms with Gasteiger partial charge in [0.2, 0.25) is 0 Å². The average molecular weight is 231 g/mol. The molecular formula is C14H17NO2. The van der Waals surface area contributed by atoms with Gasteiger partial charge in [-0.05, 0) is 50.1 Å². The Kier molecular flexibility index (Phi) is 2.89. The molecule has 0 radical (unpaired) electrons. The molecule has 0 aliphatic rings. The monoisotopic (exact) mass is 231 g/mol. The molecule has 0 bridgehead atoms. The maximum Gasteiger partial charge on any atom is 0.0861 e. The molecule has 1 aromatic heterocycles. The lowest BCUT2D eigenvalue weighted by atomic mass is 9.93. The summed E-state index contributed by atoms with van der Waals surface area (Å²) in [5.74, 6) is 0. The molecule has 17 heavy (non-hydrogen) atoms. The number of hydrogen-bond acceptors (Lipinski definition) is 3. The number of aliphatic hydroxyl groups is 2. The molecular weight excluding hydrogens is 214 g/mol. The fourth-order valence-corrected chi connectivity index (χ4v) is 1.98. The Balaban J connectivity index is 2.81. The molecule has 1 heterocycles. The van der Waals surface area contributed by atoms with E-state index in [4.69, 9.17) is 0 Å². The minimum Gasteiger partial charge on any atom is -0.392 e. The van der Waals surface area contributed by atoms with Crippen molar-refractivity contribution in [1.82, 2.24) is 4.98 Å². The number of aryl methyl sites for hydroxylation is 1. The lowest BCUT2D eigenvalue weighted by molar-refractivity contribution is 0.0798. The van der Waals surface area contributed by atoms with Gasteiger partial charge in [-0.2, -0.15) is 0 Å². The van der Waals surface area contributed by atoms with Gasteiger partial charge < -0.3 is 10.2 Å². The predicted molar refractivity (Wildman–Crippen MR) is 67.6 cm³/mol. The van der Waals surface area contributed by atoms with Gasteiger partial charge in [-0.1, -0.05) is 0 Å².